The molecule has 3 aromatic rings. The zero-order chi connectivity index (χ0) is 16.5. The van der Waals surface area contributed by atoms with Crippen LogP contribution in [0.25, 0.3) is 0 Å². The van der Waals surface area contributed by atoms with Crippen LogP contribution in [0.15, 0.2) is 53.4 Å². The summed E-state index contributed by atoms with van der Waals surface area (Å²) in [5, 5.41) is 4.02. The second kappa shape index (κ2) is 6.20. The van der Waals surface area contributed by atoms with Crippen molar-refractivity contribution in [3.8, 4) is 0 Å². The third-order valence-corrected chi connectivity index (χ3v) is 5.48. The molecular formula is C18H17N3O2S. The molecule has 1 fully saturated rings. The SMILES string of the molecule is Cc1ccc(C(=O)N2CC(c3ccccc3)C(c3ncon3)C2)s1. The van der Waals surface area contributed by atoms with Crippen LogP contribution in [0, 0.1) is 6.92 Å². The van der Waals surface area contributed by atoms with Crippen molar-refractivity contribution in [2.75, 3.05) is 13.1 Å². The van der Waals surface area contributed by atoms with E-state index in [4.69, 9.17) is 4.52 Å². The van der Waals surface area contributed by atoms with E-state index in [1.807, 2.05) is 42.2 Å². The summed E-state index contributed by atoms with van der Waals surface area (Å²) in [5.41, 5.74) is 1.20. The van der Waals surface area contributed by atoms with Gasteiger partial charge in [0.15, 0.2) is 5.82 Å². The molecule has 0 spiro atoms. The Kier molecular flexibility index (Phi) is 3.90. The summed E-state index contributed by atoms with van der Waals surface area (Å²) in [4.78, 5) is 20.9. The van der Waals surface area contributed by atoms with Gasteiger partial charge in [-0.05, 0) is 24.6 Å². The topological polar surface area (TPSA) is 59.2 Å². The summed E-state index contributed by atoms with van der Waals surface area (Å²) >= 11 is 1.54. The maximum absolute atomic E-state index is 12.8. The largest absolute Gasteiger partial charge is 0.343 e. The number of hydrogen-bond acceptors (Lipinski definition) is 5. The number of benzene rings is 1. The molecule has 1 aliphatic heterocycles. The van der Waals surface area contributed by atoms with Gasteiger partial charge in [0.05, 0.1) is 4.88 Å². The van der Waals surface area contributed by atoms with Gasteiger partial charge in [0, 0.05) is 29.8 Å². The van der Waals surface area contributed by atoms with Crippen molar-refractivity contribution in [2.45, 2.75) is 18.8 Å². The Labute approximate surface area is 143 Å². The van der Waals surface area contributed by atoms with E-state index in [2.05, 4.69) is 22.3 Å². The zero-order valence-electron chi connectivity index (χ0n) is 13.3. The molecule has 0 aliphatic carbocycles. The van der Waals surface area contributed by atoms with E-state index in [1.165, 1.54) is 23.3 Å². The first-order valence-electron chi connectivity index (χ1n) is 7.89. The molecule has 122 valence electrons. The first kappa shape index (κ1) is 15.1. The van der Waals surface area contributed by atoms with Crippen molar-refractivity contribution < 1.29 is 9.32 Å². The van der Waals surface area contributed by atoms with E-state index < -0.39 is 0 Å². The van der Waals surface area contributed by atoms with Gasteiger partial charge in [-0.3, -0.25) is 4.79 Å². The molecule has 24 heavy (non-hydrogen) atoms. The van der Waals surface area contributed by atoms with Crippen LogP contribution in [0.5, 0.6) is 0 Å². The lowest BCUT2D eigenvalue weighted by molar-refractivity contribution is 0.0793. The molecule has 1 aromatic carbocycles. The van der Waals surface area contributed by atoms with E-state index in [-0.39, 0.29) is 17.7 Å². The lowest BCUT2D eigenvalue weighted by Gasteiger charge is -2.16. The standard InChI is InChI=1S/C18H17N3O2S/c1-12-7-8-16(24-12)18(22)21-9-14(13-5-3-2-4-6-13)15(10-21)17-19-11-23-20-17/h2-8,11,14-15H,9-10H2,1H3. The van der Waals surface area contributed by atoms with Crippen molar-refractivity contribution in [1.29, 1.82) is 0 Å². The number of hydrogen-bond donors (Lipinski definition) is 0. The number of likely N-dealkylation sites (tertiary alicyclic amines) is 1. The highest BCUT2D eigenvalue weighted by Crippen LogP contribution is 2.39. The molecule has 2 unspecified atom stereocenters. The third kappa shape index (κ3) is 2.73. The second-order valence-electron chi connectivity index (χ2n) is 6.03. The number of nitrogens with zero attached hydrogens (tertiary/aromatic N) is 3. The van der Waals surface area contributed by atoms with Gasteiger partial charge in [0.25, 0.3) is 5.91 Å². The minimum absolute atomic E-state index is 0.0520. The molecule has 0 saturated carbocycles. The average Bonchev–Trinajstić information content (AvgIpc) is 3.35. The Morgan fingerprint density at radius 3 is 2.62 bits per heavy atom. The van der Waals surface area contributed by atoms with Crippen LogP contribution in [0.2, 0.25) is 0 Å². The Morgan fingerprint density at radius 2 is 1.96 bits per heavy atom. The predicted octanol–water partition coefficient (Wildman–Crippen LogP) is 3.46. The Hall–Kier alpha value is -2.47. The van der Waals surface area contributed by atoms with Gasteiger partial charge in [-0.15, -0.1) is 11.3 Å². The molecule has 2 atom stereocenters. The number of carbonyl (C=O) groups is 1. The van der Waals surface area contributed by atoms with Crippen LogP contribution in [-0.4, -0.2) is 34.0 Å². The van der Waals surface area contributed by atoms with Crippen molar-refractivity contribution >= 4 is 17.2 Å². The van der Waals surface area contributed by atoms with E-state index in [9.17, 15) is 4.79 Å². The van der Waals surface area contributed by atoms with E-state index in [1.54, 1.807) is 0 Å². The molecule has 0 N–H and O–H groups in total. The summed E-state index contributed by atoms with van der Waals surface area (Å²) in [6.45, 7) is 3.29. The Balaban J connectivity index is 1.64. The molecule has 4 rings (SSSR count). The van der Waals surface area contributed by atoms with Gasteiger partial charge < -0.3 is 9.42 Å². The van der Waals surface area contributed by atoms with Crippen molar-refractivity contribution in [2.24, 2.45) is 0 Å². The summed E-state index contributed by atoms with van der Waals surface area (Å²) in [5.74, 6) is 0.978. The van der Waals surface area contributed by atoms with E-state index >= 15 is 0 Å². The number of amides is 1. The normalized spacial score (nSPS) is 20.5. The van der Waals surface area contributed by atoms with E-state index in [0.717, 1.165) is 9.75 Å². The van der Waals surface area contributed by atoms with Gasteiger partial charge in [-0.1, -0.05) is 35.5 Å². The van der Waals surface area contributed by atoms with Crippen molar-refractivity contribution in [3.05, 3.63) is 70.0 Å². The molecule has 6 heteroatoms. The highest BCUT2D eigenvalue weighted by Gasteiger charge is 2.39. The Morgan fingerprint density at radius 1 is 1.17 bits per heavy atom. The molecule has 3 heterocycles. The van der Waals surface area contributed by atoms with Crippen LogP contribution >= 0.6 is 11.3 Å². The molecule has 1 aliphatic rings. The Bertz CT molecular complexity index is 829. The molecule has 1 amide bonds. The smallest absolute Gasteiger partial charge is 0.263 e. The first-order chi connectivity index (χ1) is 11.7. The maximum Gasteiger partial charge on any atom is 0.263 e. The minimum Gasteiger partial charge on any atom is -0.343 e. The van der Waals surface area contributed by atoms with Crippen LogP contribution in [-0.2, 0) is 0 Å². The number of rotatable bonds is 3. The van der Waals surface area contributed by atoms with Crippen LogP contribution in [0.4, 0.5) is 0 Å². The predicted molar refractivity (Wildman–Crippen MR) is 91.2 cm³/mol. The maximum atomic E-state index is 12.8. The molecule has 1 saturated heterocycles. The first-order valence-corrected chi connectivity index (χ1v) is 8.71. The monoisotopic (exact) mass is 339 g/mol. The lowest BCUT2D eigenvalue weighted by Crippen LogP contribution is -2.28. The van der Waals surface area contributed by atoms with Crippen LogP contribution < -0.4 is 0 Å². The lowest BCUT2D eigenvalue weighted by atomic mass is 9.88. The summed E-state index contributed by atoms with van der Waals surface area (Å²) in [6, 6.07) is 14.1. The van der Waals surface area contributed by atoms with Crippen LogP contribution in [0.1, 0.15) is 37.8 Å². The number of carbonyl (C=O) groups excluding carboxylic acids is 1. The molecular weight excluding hydrogens is 322 g/mol. The highest BCUT2D eigenvalue weighted by atomic mass is 32.1. The fraction of sp³-hybridized carbons (Fsp3) is 0.278. The molecule has 5 nitrogen and oxygen atoms in total. The van der Waals surface area contributed by atoms with Gasteiger partial charge in [-0.25, -0.2) is 0 Å². The molecule has 0 radical (unpaired) electrons. The van der Waals surface area contributed by atoms with Gasteiger partial charge in [0.2, 0.25) is 6.39 Å². The van der Waals surface area contributed by atoms with E-state index in [0.29, 0.717) is 18.9 Å². The van der Waals surface area contributed by atoms with Crippen LogP contribution in [0.3, 0.4) is 0 Å². The fourth-order valence-electron chi connectivity index (χ4n) is 3.32. The highest BCUT2D eigenvalue weighted by molar-refractivity contribution is 7.13. The summed E-state index contributed by atoms with van der Waals surface area (Å²) in [6.07, 6.45) is 1.35. The summed E-state index contributed by atoms with van der Waals surface area (Å²) < 4.78 is 4.93. The number of aromatic nitrogens is 2. The van der Waals surface area contributed by atoms with Gasteiger partial charge in [-0.2, -0.15) is 4.98 Å². The average molecular weight is 339 g/mol. The van der Waals surface area contributed by atoms with Crippen molar-refractivity contribution in [1.82, 2.24) is 15.0 Å². The summed E-state index contributed by atoms with van der Waals surface area (Å²) in [7, 11) is 0. The second-order valence-corrected chi connectivity index (χ2v) is 7.32. The number of thiophene rings is 1. The number of aryl methyl sites for hydroxylation is 1. The minimum atomic E-state index is 0.0520. The van der Waals surface area contributed by atoms with Gasteiger partial charge >= 0.3 is 0 Å². The van der Waals surface area contributed by atoms with Crippen molar-refractivity contribution in [3.63, 3.8) is 0 Å². The third-order valence-electron chi connectivity index (χ3n) is 4.50. The fourth-order valence-corrected chi connectivity index (χ4v) is 4.15. The molecule has 0 bridgehead atoms. The van der Waals surface area contributed by atoms with Gasteiger partial charge in [0.1, 0.15) is 0 Å². The molecule has 2 aromatic heterocycles. The zero-order valence-corrected chi connectivity index (χ0v) is 14.1. The quantitative estimate of drug-likeness (QED) is 0.733.